The van der Waals surface area contributed by atoms with Crippen molar-refractivity contribution < 1.29 is 14.3 Å². The molecule has 0 aliphatic carbocycles. The first-order valence-corrected chi connectivity index (χ1v) is 5.82. The van der Waals surface area contributed by atoms with Gasteiger partial charge in [0.05, 0.1) is 6.61 Å². The van der Waals surface area contributed by atoms with Crippen molar-refractivity contribution in [3.63, 3.8) is 0 Å². The normalized spacial score (nSPS) is 10.7. The first-order valence-electron chi connectivity index (χ1n) is 5.37. The highest BCUT2D eigenvalue weighted by Crippen LogP contribution is 2.16. The lowest BCUT2D eigenvalue weighted by Gasteiger charge is -2.26. The fourth-order valence-electron chi connectivity index (χ4n) is 1.51. The molecule has 1 aromatic rings. The number of hydrogen-bond donors (Lipinski definition) is 2. The Morgan fingerprint density at radius 1 is 1.53 bits per heavy atom. The molecule has 1 amide bonds. The molecule has 0 saturated carbocycles. The van der Waals surface area contributed by atoms with E-state index in [1.807, 2.05) is 13.8 Å². The zero-order chi connectivity index (χ0) is 13.0. The predicted octanol–water partition coefficient (Wildman–Crippen LogP) is 1.96. The van der Waals surface area contributed by atoms with Crippen molar-refractivity contribution in [2.45, 2.75) is 24.8 Å². The van der Waals surface area contributed by atoms with E-state index < -0.39 is 5.82 Å². The molecule has 0 saturated heterocycles. The van der Waals surface area contributed by atoms with Gasteiger partial charge < -0.3 is 10.0 Å². The van der Waals surface area contributed by atoms with Gasteiger partial charge in [-0.1, -0.05) is 0 Å². The van der Waals surface area contributed by atoms with Gasteiger partial charge in [0.15, 0.2) is 0 Å². The number of hydrogen-bond acceptors (Lipinski definition) is 3. The number of thiol groups is 1. The number of amides is 1. The molecule has 1 aromatic carbocycles. The number of aliphatic hydroxyl groups excluding tert-OH is 1. The average Bonchev–Trinajstić information content (AvgIpc) is 2.28. The molecule has 94 valence electrons. The monoisotopic (exact) mass is 257 g/mol. The molecule has 0 aliphatic heterocycles. The highest BCUT2D eigenvalue weighted by atomic mass is 32.1. The molecule has 0 aliphatic rings. The van der Waals surface area contributed by atoms with Crippen molar-refractivity contribution in [2.75, 3.05) is 13.2 Å². The van der Waals surface area contributed by atoms with Crippen LogP contribution in [0.5, 0.6) is 0 Å². The largest absolute Gasteiger partial charge is 0.395 e. The second kappa shape index (κ2) is 6.02. The summed E-state index contributed by atoms with van der Waals surface area (Å²) in [5.41, 5.74) is 0.374. The van der Waals surface area contributed by atoms with E-state index in [0.717, 1.165) is 0 Å². The summed E-state index contributed by atoms with van der Waals surface area (Å²) in [5, 5.41) is 8.91. The molecule has 0 bridgehead atoms. The van der Waals surface area contributed by atoms with Crippen molar-refractivity contribution in [3.05, 3.63) is 29.6 Å². The van der Waals surface area contributed by atoms with Crippen LogP contribution in [0.25, 0.3) is 0 Å². The molecule has 17 heavy (non-hydrogen) atoms. The van der Waals surface area contributed by atoms with Gasteiger partial charge in [-0.15, -0.1) is 12.6 Å². The van der Waals surface area contributed by atoms with Crippen LogP contribution in [0.3, 0.4) is 0 Å². The summed E-state index contributed by atoms with van der Waals surface area (Å²) >= 11 is 3.94. The smallest absolute Gasteiger partial charge is 0.254 e. The van der Waals surface area contributed by atoms with Gasteiger partial charge in [-0.2, -0.15) is 0 Å². The molecule has 3 nitrogen and oxygen atoms in total. The topological polar surface area (TPSA) is 40.5 Å². The third kappa shape index (κ3) is 3.44. The Kier molecular flexibility index (Phi) is 4.96. The third-order valence-corrected chi connectivity index (χ3v) is 2.76. The Morgan fingerprint density at radius 3 is 2.65 bits per heavy atom. The van der Waals surface area contributed by atoms with E-state index in [1.165, 1.54) is 23.1 Å². The fourth-order valence-corrected chi connectivity index (χ4v) is 1.73. The Morgan fingerprint density at radius 2 is 2.18 bits per heavy atom. The van der Waals surface area contributed by atoms with E-state index in [2.05, 4.69) is 12.6 Å². The second-order valence-corrected chi connectivity index (χ2v) is 4.46. The van der Waals surface area contributed by atoms with Gasteiger partial charge in [0, 0.05) is 23.0 Å². The van der Waals surface area contributed by atoms with Gasteiger partial charge in [0.1, 0.15) is 5.82 Å². The highest BCUT2D eigenvalue weighted by Gasteiger charge is 2.18. The number of benzene rings is 1. The summed E-state index contributed by atoms with van der Waals surface area (Å²) in [6.45, 7) is 3.88. The van der Waals surface area contributed by atoms with E-state index >= 15 is 0 Å². The van der Waals surface area contributed by atoms with Crippen LogP contribution in [0, 0.1) is 5.82 Å². The second-order valence-electron chi connectivity index (χ2n) is 3.98. The van der Waals surface area contributed by atoms with Gasteiger partial charge in [0.25, 0.3) is 5.91 Å². The molecule has 0 aromatic heterocycles. The lowest BCUT2D eigenvalue weighted by molar-refractivity contribution is 0.0665. The molecular formula is C12H16FNO2S. The van der Waals surface area contributed by atoms with Gasteiger partial charge in [-0.25, -0.2) is 4.39 Å². The van der Waals surface area contributed by atoms with Crippen molar-refractivity contribution in [1.29, 1.82) is 0 Å². The quantitative estimate of drug-likeness (QED) is 0.810. The first kappa shape index (κ1) is 14.0. The first-order chi connectivity index (χ1) is 7.97. The van der Waals surface area contributed by atoms with Gasteiger partial charge in [-0.3, -0.25) is 4.79 Å². The molecule has 0 spiro atoms. The van der Waals surface area contributed by atoms with Crippen molar-refractivity contribution in [3.8, 4) is 0 Å². The molecule has 0 atom stereocenters. The lowest BCUT2D eigenvalue weighted by atomic mass is 10.1. The Bertz CT molecular complexity index is 409. The maximum atomic E-state index is 13.0. The number of carbonyl (C=O) groups excluding carboxylic acids is 1. The number of carbonyl (C=O) groups is 1. The molecule has 1 rings (SSSR count). The van der Waals surface area contributed by atoms with E-state index in [-0.39, 0.29) is 30.0 Å². The summed E-state index contributed by atoms with van der Waals surface area (Å²) in [5.74, 6) is -0.688. The van der Waals surface area contributed by atoms with Crippen LogP contribution in [-0.4, -0.2) is 35.1 Å². The van der Waals surface area contributed by atoms with Crippen LogP contribution in [0.1, 0.15) is 24.2 Å². The van der Waals surface area contributed by atoms with Gasteiger partial charge >= 0.3 is 0 Å². The summed E-state index contributed by atoms with van der Waals surface area (Å²) in [7, 11) is 0. The fraction of sp³-hybridized carbons (Fsp3) is 0.417. The minimum absolute atomic E-state index is 0.0249. The summed E-state index contributed by atoms with van der Waals surface area (Å²) < 4.78 is 13.0. The SMILES string of the molecule is CC(C)N(CCO)C(=O)c1ccc(F)c(S)c1. The Balaban J connectivity index is 2.97. The zero-order valence-electron chi connectivity index (χ0n) is 9.85. The van der Waals surface area contributed by atoms with Crippen molar-refractivity contribution >= 4 is 18.5 Å². The van der Waals surface area contributed by atoms with Crippen LogP contribution in [-0.2, 0) is 0 Å². The van der Waals surface area contributed by atoms with Gasteiger partial charge in [-0.05, 0) is 32.0 Å². The molecular weight excluding hydrogens is 241 g/mol. The maximum Gasteiger partial charge on any atom is 0.254 e. The van der Waals surface area contributed by atoms with Crippen molar-refractivity contribution in [2.24, 2.45) is 0 Å². The zero-order valence-corrected chi connectivity index (χ0v) is 10.7. The summed E-state index contributed by atoms with van der Waals surface area (Å²) in [6, 6.07) is 4.01. The van der Waals surface area contributed by atoms with Gasteiger partial charge in [0.2, 0.25) is 0 Å². The van der Waals surface area contributed by atoms with Crippen LogP contribution in [0.4, 0.5) is 4.39 Å². The molecule has 0 fully saturated rings. The maximum absolute atomic E-state index is 13.0. The number of aliphatic hydroxyl groups is 1. The Labute approximate surface area is 106 Å². The molecule has 5 heteroatoms. The number of nitrogens with zero attached hydrogens (tertiary/aromatic N) is 1. The van der Waals surface area contributed by atoms with Crippen LogP contribution < -0.4 is 0 Å². The third-order valence-electron chi connectivity index (χ3n) is 2.42. The summed E-state index contributed by atoms with van der Waals surface area (Å²) in [4.78, 5) is 13.8. The van der Waals surface area contributed by atoms with E-state index in [4.69, 9.17) is 5.11 Å². The minimum Gasteiger partial charge on any atom is -0.395 e. The molecule has 0 radical (unpaired) electrons. The standard InChI is InChI=1S/C12H16FNO2S/c1-8(2)14(5-6-15)12(16)9-3-4-10(13)11(17)7-9/h3-4,7-8,15,17H,5-6H2,1-2H3. The van der Waals surface area contributed by atoms with Crippen LogP contribution in [0.2, 0.25) is 0 Å². The van der Waals surface area contributed by atoms with E-state index in [9.17, 15) is 9.18 Å². The lowest BCUT2D eigenvalue weighted by Crippen LogP contribution is -2.39. The summed E-state index contributed by atoms with van der Waals surface area (Å²) in [6.07, 6.45) is 0. The Hall–Kier alpha value is -1.07. The van der Waals surface area contributed by atoms with Crippen LogP contribution in [0.15, 0.2) is 23.1 Å². The molecule has 0 unspecified atom stereocenters. The average molecular weight is 257 g/mol. The van der Waals surface area contributed by atoms with E-state index in [0.29, 0.717) is 5.56 Å². The highest BCUT2D eigenvalue weighted by molar-refractivity contribution is 7.80. The number of rotatable bonds is 4. The molecule has 1 N–H and O–H groups in total. The predicted molar refractivity (Wildman–Crippen MR) is 66.9 cm³/mol. The van der Waals surface area contributed by atoms with E-state index in [1.54, 1.807) is 0 Å². The van der Waals surface area contributed by atoms with Crippen LogP contribution >= 0.6 is 12.6 Å². The molecule has 0 heterocycles. The minimum atomic E-state index is -0.455. The number of halogens is 1. The van der Waals surface area contributed by atoms with Crippen molar-refractivity contribution in [1.82, 2.24) is 4.90 Å².